The Bertz CT molecular complexity index is 920. The van der Waals surface area contributed by atoms with E-state index in [0.717, 1.165) is 13.1 Å². The van der Waals surface area contributed by atoms with E-state index in [1.807, 2.05) is 32.6 Å². The quantitative estimate of drug-likeness (QED) is 0.251. The number of halogens is 3. The molecule has 0 aromatic carbocycles. The number of hydrogen-bond acceptors (Lipinski definition) is 10. The minimum atomic E-state index is -4.40. The monoisotopic (exact) mass is 497 g/mol. The highest BCUT2D eigenvalue weighted by molar-refractivity contribution is 6.05. The SMILES string of the molecule is CCN(CC)CC(=N)c1nc(N(CC)CC)nc(Nc2ccncn2)c1NCCOCC(F)(F)F. The van der Waals surface area contributed by atoms with Crippen molar-refractivity contribution in [2.75, 3.05) is 68.0 Å². The molecule has 0 unspecified atom stereocenters. The standard InChI is InChI=1S/C22H34F3N9O/c1-5-33(6-2)13-16(26)18-19(28-11-12-35-14-22(23,24)25)20(30-17-9-10-27-15-29-17)32-21(31-18)34(7-3)8-4/h9-10,15,26,28H,5-8,11-14H2,1-4H3,(H,27,29,30,31,32). The Morgan fingerprint density at radius 1 is 1.09 bits per heavy atom. The third-order valence-corrected chi connectivity index (χ3v) is 5.15. The van der Waals surface area contributed by atoms with Crippen LogP contribution in [0, 0.1) is 5.41 Å². The van der Waals surface area contributed by atoms with E-state index in [0.29, 0.717) is 48.6 Å². The van der Waals surface area contributed by atoms with Gasteiger partial charge in [-0.1, -0.05) is 13.8 Å². The molecule has 2 aromatic heterocycles. The van der Waals surface area contributed by atoms with Crippen molar-refractivity contribution in [1.29, 1.82) is 5.41 Å². The van der Waals surface area contributed by atoms with Gasteiger partial charge in [-0.05, 0) is 33.0 Å². The summed E-state index contributed by atoms with van der Waals surface area (Å²) < 4.78 is 42.0. The van der Waals surface area contributed by atoms with Gasteiger partial charge in [0, 0.05) is 32.4 Å². The number of ether oxygens (including phenoxy) is 1. The second-order valence-corrected chi connectivity index (χ2v) is 7.52. The molecular weight excluding hydrogens is 463 g/mol. The molecular formula is C22H34F3N9O. The van der Waals surface area contributed by atoms with Crippen molar-refractivity contribution in [2.24, 2.45) is 0 Å². The van der Waals surface area contributed by atoms with Gasteiger partial charge in [0.1, 0.15) is 30.1 Å². The largest absolute Gasteiger partial charge is 0.411 e. The van der Waals surface area contributed by atoms with Crippen LogP contribution in [0.3, 0.4) is 0 Å². The summed E-state index contributed by atoms with van der Waals surface area (Å²) in [5, 5.41) is 15.0. The Morgan fingerprint density at radius 2 is 1.80 bits per heavy atom. The molecule has 0 saturated carbocycles. The molecule has 0 atom stereocenters. The molecule has 2 heterocycles. The van der Waals surface area contributed by atoms with Gasteiger partial charge in [0.15, 0.2) is 5.82 Å². The molecule has 0 aliphatic rings. The average Bonchev–Trinajstić information content (AvgIpc) is 2.83. The summed E-state index contributed by atoms with van der Waals surface area (Å²) in [4.78, 5) is 21.5. The van der Waals surface area contributed by atoms with Gasteiger partial charge in [-0.2, -0.15) is 18.2 Å². The Balaban J connectivity index is 2.46. The molecule has 0 amide bonds. The van der Waals surface area contributed by atoms with Gasteiger partial charge < -0.3 is 25.7 Å². The summed E-state index contributed by atoms with van der Waals surface area (Å²) in [6, 6.07) is 1.66. The van der Waals surface area contributed by atoms with Crippen LogP contribution in [0.4, 0.5) is 36.4 Å². The highest BCUT2D eigenvalue weighted by Crippen LogP contribution is 2.29. The smallest absolute Gasteiger partial charge is 0.378 e. The first-order chi connectivity index (χ1) is 16.7. The third kappa shape index (κ3) is 8.91. The number of anilines is 4. The first-order valence-corrected chi connectivity index (χ1v) is 11.6. The Morgan fingerprint density at radius 3 is 2.37 bits per heavy atom. The number of alkyl halides is 3. The first-order valence-electron chi connectivity index (χ1n) is 11.6. The summed E-state index contributed by atoms with van der Waals surface area (Å²) in [7, 11) is 0. The summed E-state index contributed by atoms with van der Waals surface area (Å²) in [6.45, 7) is 9.71. The van der Waals surface area contributed by atoms with E-state index >= 15 is 0 Å². The van der Waals surface area contributed by atoms with Crippen molar-refractivity contribution >= 4 is 29.0 Å². The third-order valence-electron chi connectivity index (χ3n) is 5.15. The van der Waals surface area contributed by atoms with Gasteiger partial charge in [-0.15, -0.1) is 0 Å². The van der Waals surface area contributed by atoms with Crippen LogP contribution in [-0.2, 0) is 4.74 Å². The van der Waals surface area contributed by atoms with E-state index in [1.165, 1.54) is 6.33 Å². The van der Waals surface area contributed by atoms with E-state index in [9.17, 15) is 13.2 Å². The lowest BCUT2D eigenvalue weighted by Gasteiger charge is -2.25. The van der Waals surface area contributed by atoms with Crippen LogP contribution in [-0.4, -0.2) is 89.2 Å². The normalized spacial score (nSPS) is 11.5. The number of likely N-dealkylation sites (N-methyl/N-ethyl adjacent to an activating group) is 1. The zero-order valence-corrected chi connectivity index (χ0v) is 20.6. The molecule has 3 N–H and O–H groups in total. The minimum absolute atomic E-state index is 0.0636. The summed E-state index contributed by atoms with van der Waals surface area (Å²) in [6.07, 6.45) is -1.44. The van der Waals surface area contributed by atoms with Crippen LogP contribution in [0.5, 0.6) is 0 Å². The van der Waals surface area contributed by atoms with Gasteiger partial charge >= 0.3 is 6.18 Å². The number of aromatic nitrogens is 4. The van der Waals surface area contributed by atoms with E-state index in [-0.39, 0.29) is 18.9 Å². The Labute approximate surface area is 203 Å². The maximum Gasteiger partial charge on any atom is 0.411 e. The fourth-order valence-corrected chi connectivity index (χ4v) is 3.24. The van der Waals surface area contributed by atoms with Crippen LogP contribution in [0.15, 0.2) is 18.6 Å². The van der Waals surface area contributed by atoms with Gasteiger partial charge in [0.05, 0.1) is 12.3 Å². The van der Waals surface area contributed by atoms with Crippen molar-refractivity contribution in [3.8, 4) is 0 Å². The minimum Gasteiger partial charge on any atom is -0.378 e. The molecule has 10 nitrogen and oxygen atoms in total. The van der Waals surface area contributed by atoms with E-state index in [1.54, 1.807) is 12.3 Å². The summed E-state index contributed by atoms with van der Waals surface area (Å²) in [5.74, 6) is 1.27. The first kappa shape index (κ1) is 28.2. The maximum absolute atomic E-state index is 12.4. The van der Waals surface area contributed by atoms with Crippen molar-refractivity contribution < 1.29 is 17.9 Å². The molecule has 194 valence electrons. The molecule has 13 heteroatoms. The molecule has 0 bridgehead atoms. The predicted molar refractivity (Wildman–Crippen MR) is 131 cm³/mol. The topological polar surface area (TPSA) is 115 Å². The number of nitrogens with one attached hydrogen (secondary N) is 3. The fourth-order valence-electron chi connectivity index (χ4n) is 3.24. The lowest BCUT2D eigenvalue weighted by atomic mass is 10.2. The second-order valence-electron chi connectivity index (χ2n) is 7.52. The number of nitrogens with zero attached hydrogens (tertiary/aromatic N) is 6. The predicted octanol–water partition coefficient (Wildman–Crippen LogP) is 3.56. The summed E-state index contributed by atoms with van der Waals surface area (Å²) in [5.41, 5.74) is 1.02. The molecule has 0 aliphatic carbocycles. The number of hydrogen-bond donors (Lipinski definition) is 3. The molecule has 2 aromatic rings. The Hall–Kier alpha value is -3.06. The summed E-state index contributed by atoms with van der Waals surface area (Å²) >= 11 is 0. The van der Waals surface area contributed by atoms with Crippen LogP contribution < -0.4 is 15.5 Å². The lowest BCUT2D eigenvalue weighted by molar-refractivity contribution is -0.172. The highest BCUT2D eigenvalue weighted by atomic mass is 19.4. The van der Waals surface area contributed by atoms with Crippen molar-refractivity contribution in [3.63, 3.8) is 0 Å². The zero-order valence-electron chi connectivity index (χ0n) is 20.6. The maximum atomic E-state index is 12.4. The van der Waals surface area contributed by atoms with Crippen molar-refractivity contribution in [1.82, 2.24) is 24.8 Å². The van der Waals surface area contributed by atoms with Gasteiger partial charge in [0.25, 0.3) is 0 Å². The fraction of sp³-hybridized carbons (Fsp3) is 0.591. The van der Waals surface area contributed by atoms with Crippen molar-refractivity contribution in [3.05, 3.63) is 24.3 Å². The van der Waals surface area contributed by atoms with E-state index in [2.05, 4.69) is 35.5 Å². The average molecular weight is 498 g/mol. The van der Waals surface area contributed by atoms with Crippen LogP contribution >= 0.6 is 0 Å². The molecule has 0 radical (unpaired) electrons. The van der Waals surface area contributed by atoms with E-state index < -0.39 is 12.8 Å². The lowest BCUT2D eigenvalue weighted by Crippen LogP contribution is -2.32. The second kappa shape index (κ2) is 13.7. The van der Waals surface area contributed by atoms with Gasteiger partial charge in [0.2, 0.25) is 5.95 Å². The molecule has 0 saturated heterocycles. The molecule has 2 rings (SSSR count). The van der Waals surface area contributed by atoms with Crippen LogP contribution in [0.2, 0.25) is 0 Å². The van der Waals surface area contributed by atoms with Crippen LogP contribution in [0.25, 0.3) is 0 Å². The van der Waals surface area contributed by atoms with Gasteiger partial charge in [-0.25, -0.2) is 15.0 Å². The van der Waals surface area contributed by atoms with Gasteiger partial charge in [-0.3, -0.25) is 4.90 Å². The highest BCUT2D eigenvalue weighted by Gasteiger charge is 2.27. The zero-order chi connectivity index (χ0) is 25.8. The number of rotatable bonds is 15. The molecule has 0 fully saturated rings. The van der Waals surface area contributed by atoms with Crippen molar-refractivity contribution in [2.45, 2.75) is 33.9 Å². The van der Waals surface area contributed by atoms with Crippen LogP contribution in [0.1, 0.15) is 33.4 Å². The molecule has 0 aliphatic heterocycles. The molecule has 0 spiro atoms. The molecule has 35 heavy (non-hydrogen) atoms. The van der Waals surface area contributed by atoms with E-state index in [4.69, 9.17) is 10.1 Å². The Kier molecular flexibility index (Phi) is 11.1.